The van der Waals surface area contributed by atoms with Crippen LogP contribution in [0.4, 0.5) is 11.4 Å². The van der Waals surface area contributed by atoms with Crippen LogP contribution in [0.1, 0.15) is 75.0 Å². The van der Waals surface area contributed by atoms with Gasteiger partial charge in [0.05, 0.1) is 53.2 Å². The van der Waals surface area contributed by atoms with Crippen molar-refractivity contribution in [3.05, 3.63) is 53.1 Å². The van der Waals surface area contributed by atoms with Gasteiger partial charge in [-0.2, -0.15) is 0 Å². The summed E-state index contributed by atoms with van der Waals surface area (Å²) in [5, 5.41) is 37.4. The summed E-state index contributed by atoms with van der Waals surface area (Å²) in [7, 11) is 3.41. The Balaban J connectivity index is 1.33. The van der Waals surface area contributed by atoms with Gasteiger partial charge >= 0.3 is 5.97 Å². The fraction of sp³-hybridized carbons (Fsp3) is 0.553. The molecule has 2 aromatic carbocycles. The van der Waals surface area contributed by atoms with Gasteiger partial charge in [-0.1, -0.05) is 31.2 Å². The minimum atomic E-state index is -1.84. The number of carbonyl (C=O) groups excluding carboxylic acids is 3. The summed E-state index contributed by atoms with van der Waals surface area (Å²) in [4.78, 5) is 49.0. The molecule has 10 rings (SSSR count). The van der Waals surface area contributed by atoms with Crippen molar-refractivity contribution in [2.75, 3.05) is 43.6 Å². The number of likely N-dealkylation sites (N-methyl/N-ethyl adjacent to an activating group) is 1. The number of para-hydroxylation sites is 1. The van der Waals surface area contributed by atoms with Crippen molar-refractivity contribution in [2.24, 2.45) is 5.41 Å². The highest BCUT2D eigenvalue weighted by atomic mass is 16.6. The van der Waals surface area contributed by atoms with Crippen LogP contribution in [-0.4, -0.2) is 100 Å². The van der Waals surface area contributed by atoms with Crippen LogP contribution in [0, 0.1) is 5.41 Å². The van der Waals surface area contributed by atoms with E-state index in [2.05, 4.69) is 22.0 Å². The first-order chi connectivity index (χ1) is 24.0. The molecule has 5 fully saturated rings. The number of nitrogens with zero attached hydrogens (tertiary/aromatic N) is 4. The van der Waals surface area contributed by atoms with Crippen LogP contribution >= 0.6 is 0 Å². The number of methoxy groups -OCH3 is 1. The standard InChI is InChI=1S/C38H42N4O8/c1-4-27(44)41-25-11-13-34-12-6-16-40-18-15-36(25,38(34,40)50-29(46)20-34)22-19-23(33(49-3)32(47)31(22)41)35-14-17-39(2)26-9-10-28(45)42(37(26,35)48)30-21(35)7-5-8-24(30)43/h5-8,12,19,25-26,43,47-48H,4,9-11,13-18,20H2,1-3H3/t25-,26-,34-,35-,36-,37+,38+/m1/s1. The maximum Gasteiger partial charge on any atom is 0.308 e. The Morgan fingerprint density at radius 1 is 1.04 bits per heavy atom. The zero-order valence-corrected chi connectivity index (χ0v) is 28.6. The highest BCUT2D eigenvalue weighted by Gasteiger charge is 2.82. The second kappa shape index (κ2) is 9.40. The molecule has 8 aliphatic rings. The first-order valence-corrected chi connectivity index (χ1v) is 18.0. The largest absolute Gasteiger partial charge is 0.506 e. The molecule has 0 bridgehead atoms. The molecule has 1 aliphatic carbocycles. The van der Waals surface area contributed by atoms with E-state index in [1.807, 2.05) is 26.1 Å². The first-order valence-electron chi connectivity index (χ1n) is 18.0. The summed E-state index contributed by atoms with van der Waals surface area (Å²) in [6.07, 6.45) is 7.53. The van der Waals surface area contributed by atoms with Gasteiger partial charge in [-0.3, -0.25) is 29.1 Å². The third-order valence-corrected chi connectivity index (χ3v) is 14.3. The summed E-state index contributed by atoms with van der Waals surface area (Å²) >= 11 is 0. The predicted molar refractivity (Wildman–Crippen MR) is 180 cm³/mol. The average molecular weight is 683 g/mol. The highest BCUT2D eigenvalue weighted by molar-refractivity contribution is 6.03. The summed E-state index contributed by atoms with van der Waals surface area (Å²) in [5.74, 6) is -0.918. The number of hydrogen-bond acceptors (Lipinski definition) is 10. The maximum atomic E-state index is 14.1. The summed E-state index contributed by atoms with van der Waals surface area (Å²) in [6.45, 7) is 3.59. The summed E-state index contributed by atoms with van der Waals surface area (Å²) in [5.41, 5.74) is -3.36. The number of piperidine rings is 2. The number of rotatable bonds is 3. The van der Waals surface area contributed by atoms with Crippen LogP contribution in [0.15, 0.2) is 36.4 Å². The molecule has 7 aliphatic heterocycles. The maximum absolute atomic E-state index is 14.1. The molecule has 262 valence electrons. The monoisotopic (exact) mass is 682 g/mol. The van der Waals surface area contributed by atoms with Crippen LogP contribution < -0.4 is 14.5 Å². The Morgan fingerprint density at radius 3 is 2.64 bits per heavy atom. The smallest absolute Gasteiger partial charge is 0.308 e. The zero-order chi connectivity index (χ0) is 34.7. The number of likely N-dealkylation sites (tertiary alicyclic amines) is 1. The van der Waals surface area contributed by atoms with E-state index in [1.165, 1.54) is 18.1 Å². The normalized spacial score (nSPS) is 39.0. The molecule has 2 aromatic rings. The summed E-state index contributed by atoms with van der Waals surface area (Å²) < 4.78 is 12.8. The SMILES string of the molecule is CCC(=O)N1c2c(cc([C@@]34CCN(C)[C@@H]5CCC(=O)N(c6c(O)cccc63)[C@]54O)c(OC)c2O)[C@]23CCN4CC=C[C@@]5(CC[C@@H]12)CC(=O)O[C@@]453. The van der Waals surface area contributed by atoms with Gasteiger partial charge in [-0.25, -0.2) is 0 Å². The van der Waals surface area contributed by atoms with Crippen molar-refractivity contribution < 1.29 is 39.2 Å². The Bertz CT molecular complexity index is 1980. The minimum Gasteiger partial charge on any atom is -0.506 e. The van der Waals surface area contributed by atoms with E-state index in [0.717, 1.165) is 0 Å². The number of anilines is 2. The molecule has 50 heavy (non-hydrogen) atoms. The number of hydrogen-bond donors (Lipinski definition) is 3. The van der Waals surface area contributed by atoms with Crippen molar-refractivity contribution >= 4 is 29.2 Å². The molecule has 2 amide bonds. The van der Waals surface area contributed by atoms with E-state index in [-0.39, 0.29) is 60.0 Å². The number of phenolic OH excluding ortho intramolecular Hbond substituents is 2. The number of ether oxygens (including phenoxy) is 2. The minimum absolute atomic E-state index is 0.113. The Morgan fingerprint density at radius 2 is 1.86 bits per heavy atom. The molecular weight excluding hydrogens is 640 g/mol. The Labute approximate surface area is 289 Å². The van der Waals surface area contributed by atoms with Gasteiger partial charge in [0, 0.05) is 31.5 Å². The third-order valence-electron chi connectivity index (χ3n) is 14.3. The van der Waals surface area contributed by atoms with Gasteiger partial charge < -0.3 is 29.7 Å². The lowest BCUT2D eigenvalue weighted by Crippen LogP contribution is -2.75. The van der Waals surface area contributed by atoms with Gasteiger partial charge in [0.25, 0.3) is 0 Å². The van der Waals surface area contributed by atoms with Crippen LogP contribution in [0.5, 0.6) is 17.2 Å². The van der Waals surface area contributed by atoms with E-state index in [9.17, 15) is 29.7 Å². The lowest BCUT2D eigenvalue weighted by molar-refractivity contribution is -0.206. The number of phenols is 2. The number of esters is 1. The molecule has 7 atom stereocenters. The predicted octanol–water partition coefficient (Wildman–Crippen LogP) is 2.99. The van der Waals surface area contributed by atoms with Gasteiger partial charge in [-0.15, -0.1) is 0 Å². The Hall–Kier alpha value is -4.13. The lowest BCUT2D eigenvalue weighted by Gasteiger charge is -2.60. The average Bonchev–Trinajstić information content (AvgIpc) is 3.77. The number of aliphatic hydroxyl groups is 1. The van der Waals surface area contributed by atoms with Crippen molar-refractivity contribution in [1.82, 2.24) is 9.80 Å². The molecular formula is C38H42N4O8. The number of amides is 2. The zero-order valence-electron chi connectivity index (χ0n) is 28.6. The van der Waals surface area contributed by atoms with E-state index < -0.39 is 39.8 Å². The molecule has 7 heterocycles. The van der Waals surface area contributed by atoms with Gasteiger partial charge in [-0.05, 0) is 69.0 Å². The van der Waals surface area contributed by atoms with Crippen molar-refractivity contribution in [2.45, 2.75) is 92.7 Å². The van der Waals surface area contributed by atoms with Gasteiger partial charge in [0.15, 0.2) is 22.9 Å². The molecule has 3 N–H and O–H groups in total. The highest BCUT2D eigenvalue weighted by Crippen LogP contribution is 2.75. The fourth-order valence-electron chi connectivity index (χ4n) is 12.7. The van der Waals surface area contributed by atoms with Crippen LogP contribution in [0.25, 0.3) is 0 Å². The van der Waals surface area contributed by atoms with E-state index >= 15 is 0 Å². The van der Waals surface area contributed by atoms with Crippen LogP contribution in [0.2, 0.25) is 0 Å². The van der Waals surface area contributed by atoms with E-state index in [4.69, 9.17) is 9.47 Å². The van der Waals surface area contributed by atoms with Crippen LogP contribution in [0.3, 0.4) is 0 Å². The number of aromatic hydroxyl groups is 2. The second-order valence-electron chi connectivity index (χ2n) is 15.7. The second-order valence-corrected chi connectivity index (χ2v) is 15.7. The number of benzene rings is 2. The molecule has 0 radical (unpaired) electrons. The molecule has 12 nitrogen and oxygen atoms in total. The van der Waals surface area contributed by atoms with Crippen molar-refractivity contribution in [3.8, 4) is 17.2 Å². The van der Waals surface area contributed by atoms with E-state index in [1.54, 1.807) is 11.0 Å². The molecule has 0 aromatic heterocycles. The summed E-state index contributed by atoms with van der Waals surface area (Å²) in [6, 6.07) is 6.21. The van der Waals surface area contributed by atoms with Gasteiger partial charge in [0.2, 0.25) is 11.8 Å². The molecule has 0 unspecified atom stereocenters. The van der Waals surface area contributed by atoms with Crippen molar-refractivity contribution in [1.29, 1.82) is 0 Å². The molecule has 1 saturated carbocycles. The van der Waals surface area contributed by atoms with Gasteiger partial charge in [0.1, 0.15) is 5.75 Å². The van der Waals surface area contributed by atoms with Crippen molar-refractivity contribution in [3.63, 3.8) is 0 Å². The lowest BCUT2D eigenvalue weighted by atomic mass is 9.51. The van der Waals surface area contributed by atoms with Crippen LogP contribution in [-0.2, 0) is 30.0 Å². The molecule has 4 saturated heterocycles. The van der Waals surface area contributed by atoms with E-state index in [0.29, 0.717) is 74.1 Å². The molecule has 12 heteroatoms. The number of carbonyl (C=O) groups is 3. The fourth-order valence-corrected chi connectivity index (χ4v) is 12.7. The quantitative estimate of drug-likeness (QED) is 0.327. The Kier molecular flexibility index (Phi) is 5.76. The first kappa shape index (κ1) is 30.7. The topological polar surface area (TPSA) is 143 Å². The third kappa shape index (κ3) is 2.90. The number of fused-ring (bicyclic) bond motifs is 4. The molecule has 2 spiro atoms.